The molecule has 0 spiro atoms. The van der Waals surface area contributed by atoms with Crippen LogP contribution in [0.2, 0.25) is 0 Å². The van der Waals surface area contributed by atoms with Crippen molar-refractivity contribution in [1.82, 2.24) is 0 Å². The van der Waals surface area contributed by atoms with E-state index in [9.17, 15) is 14.9 Å². The van der Waals surface area contributed by atoms with Crippen LogP contribution in [0, 0.1) is 33.3 Å². The summed E-state index contributed by atoms with van der Waals surface area (Å²) in [5.74, 6) is 2.78. The molecule has 4 saturated carbocycles. The van der Waals surface area contributed by atoms with Gasteiger partial charge >= 0.3 is 0 Å². The molecule has 6 rings (SSSR count). The molecule has 1 heterocycles. The van der Waals surface area contributed by atoms with Gasteiger partial charge in [0.05, 0.1) is 4.92 Å². The fraction of sp³-hybridized carbons (Fsp3) is 0.650. The van der Waals surface area contributed by atoms with E-state index in [1.807, 2.05) is 4.90 Å². The van der Waals surface area contributed by atoms with Gasteiger partial charge in [-0.05, 0) is 79.7 Å². The maximum Gasteiger partial charge on any atom is 0.269 e. The molecular weight excluding hydrogens is 316 g/mol. The molecule has 5 heteroatoms. The first-order chi connectivity index (χ1) is 12.0. The Balaban J connectivity index is 1.46. The molecule has 1 aromatic rings. The van der Waals surface area contributed by atoms with Gasteiger partial charge in [0.15, 0.2) is 0 Å². The number of carbonyl (C=O) groups excluding carboxylic acids is 1. The van der Waals surface area contributed by atoms with Crippen molar-refractivity contribution >= 4 is 17.3 Å². The lowest BCUT2D eigenvalue weighted by Gasteiger charge is -2.58. The Morgan fingerprint density at radius 1 is 1.08 bits per heavy atom. The Morgan fingerprint density at radius 3 is 2.32 bits per heavy atom. The molecule has 0 atom stereocenters. The number of nitro groups is 1. The van der Waals surface area contributed by atoms with Crippen molar-refractivity contribution in [3.05, 3.63) is 33.9 Å². The molecule has 5 nitrogen and oxygen atoms in total. The minimum absolute atomic E-state index is 0.128. The van der Waals surface area contributed by atoms with E-state index in [0.717, 1.165) is 35.5 Å². The number of amides is 1. The summed E-state index contributed by atoms with van der Waals surface area (Å²) in [6, 6.07) is 5.00. The molecule has 1 amide bonds. The van der Waals surface area contributed by atoms with Crippen molar-refractivity contribution in [3.63, 3.8) is 0 Å². The zero-order valence-corrected chi connectivity index (χ0v) is 14.4. The number of rotatable bonds is 3. The third-order valence-corrected chi connectivity index (χ3v) is 7.13. The number of nitrogens with zero attached hydrogens (tertiary/aromatic N) is 2. The smallest absolute Gasteiger partial charge is 0.269 e. The predicted molar refractivity (Wildman–Crippen MR) is 94.4 cm³/mol. The predicted octanol–water partition coefficient (Wildman–Crippen LogP) is 4.09. The van der Waals surface area contributed by atoms with Crippen LogP contribution in [0.15, 0.2) is 18.2 Å². The largest absolute Gasteiger partial charge is 0.312 e. The number of hydrogen-bond acceptors (Lipinski definition) is 3. The van der Waals surface area contributed by atoms with E-state index in [4.69, 9.17) is 0 Å². The Labute approximate surface area is 147 Å². The van der Waals surface area contributed by atoms with Crippen LogP contribution < -0.4 is 4.90 Å². The Kier molecular flexibility index (Phi) is 3.25. The maximum atomic E-state index is 12.7. The van der Waals surface area contributed by atoms with E-state index in [1.165, 1.54) is 38.5 Å². The zero-order chi connectivity index (χ0) is 17.2. The third kappa shape index (κ3) is 2.47. The van der Waals surface area contributed by atoms with Crippen molar-refractivity contribution in [1.29, 1.82) is 0 Å². The van der Waals surface area contributed by atoms with Crippen LogP contribution in [0.5, 0.6) is 0 Å². The quantitative estimate of drug-likeness (QED) is 0.615. The zero-order valence-electron chi connectivity index (χ0n) is 14.4. The summed E-state index contributed by atoms with van der Waals surface area (Å²) in [6.07, 6.45) is 9.09. The normalized spacial score (nSPS) is 35.8. The SMILES string of the molecule is O=C1CCc2cc([N+](=O)[O-])ccc2N1CC12CC3CC(CC(C3)C1)C2. The van der Waals surface area contributed by atoms with Crippen LogP contribution in [0.4, 0.5) is 11.4 Å². The number of non-ortho nitro benzene ring substituents is 1. The molecule has 5 aliphatic rings. The van der Waals surface area contributed by atoms with E-state index < -0.39 is 0 Å². The molecule has 0 unspecified atom stereocenters. The first kappa shape index (κ1) is 15.4. The number of anilines is 1. The molecule has 4 bridgehead atoms. The second-order valence-electron chi connectivity index (χ2n) is 8.97. The number of benzene rings is 1. The van der Waals surface area contributed by atoms with Crippen molar-refractivity contribution in [2.45, 2.75) is 51.4 Å². The van der Waals surface area contributed by atoms with E-state index in [2.05, 4.69) is 0 Å². The highest BCUT2D eigenvalue weighted by molar-refractivity contribution is 5.96. The standard InChI is InChI=1S/C20H24N2O3/c23-19-4-1-16-8-17(22(24)25)2-3-18(16)21(19)12-20-9-13-5-14(10-20)7-15(6-13)11-20/h2-3,8,13-15H,1,4-7,9-12H2. The monoisotopic (exact) mass is 340 g/mol. The van der Waals surface area contributed by atoms with Crippen molar-refractivity contribution in [3.8, 4) is 0 Å². The van der Waals surface area contributed by atoms with Gasteiger partial charge in [-0.15, -0.1) is 0 Å². The summed E-state index contributed by atoms with van der Waals surface area (Å²) < 4.78 is 0. The van der Waals surface area contributed by atoms with E-state index in [0.29, 0.717) is 18.3 Å². The lowest BCUT2D eigenvalue weighted by molar-refractivity contribution is -0.384. The number of aryl methyl sites for hydroxylation is 1. The van der Waals surface area contributed by atoms with Crippen LogP contribution in [-0.2, 0) is 11.2 Å². The van der Waals surface area contributed by atoms with Crippen LogP contribution in [0.1, 0.15) is 50.5 Å². The van der Waals surface area contributed by atoms with Crippen LogP contribution >= 0.6 is 0 Å². The fourth-order valence-electron chi connectivity index (χ4n) is 6.65. The molecule has 0 N–H and O–H groups in total. The lowest BCUT2D eigenvalue weighted by atomic mass is 9.49. The van der Waals surface area contributed by atoms with E-state index in [-0.39, 0.29) is 16.5 Å². The highest BCUT2D eigenvalue weighted by Crippen LogP contribution is 2.60. The summed E-state index contributed by atoms with van der Waals surface area (Å²) in [5.41, 5.74) is 2.29. The van der Waals surface area contributed by atoms with Gasteiger partial charge < -0.3 is 4.90 Å². The first-order valence-electron chi connectivity index (χ1n) is 9.59. The van der Waals surface area contributed by atoms with Crippen LogP contribution in [0.3, 0.4) is 0 Å². The number of hydrogen-bond donors (Lipinski definition) is 0. The van der Waals surface area contributed by atoms with Crippen molar-refractivity contribution in [2.24, 2.45) is 23.2 Å². The van der Waals surface area contributed by atoms with Crippen molar-refractivity contribution < 1.29 is 9.72 Å². The average molecular weight is 340 g/mol. The second-order valence-corrected chi connectivity index (χ2v) is 8.97. The summed E-state index contributed by atoms with van der Waals surface area (Å²) >= 11 is 0. The fourth-order valence-corrected chi connectivity index (χ4v) is 6.65. The maximum absolute atomic E-state index is 12.7. The van der Waals surface area contributed by atoms with Crippen molar-refractivity contribution in [2.75, 3.05) is 11.4 Å². The van der Waals surface area contributed by atoms with Gasteiger partial charge in [-0.25, -0.2) is 0 Å². The molecule has 0 aromatic heterocycles. The number of nitro benzene ring substituents is 1. The van der Waals surface area contributed by atoms with Gasteiger partial charge in [0.2, 0.25) is 5.91 Å². The summed E-state index contributed by atoms with van der Waals surface area (Å²) in [4.78, 5) is 25.4. The molecule has 0 radical (unpaired) electrons. The lowest BCUT2D eigenvalue weighted by Crippen LogP contribution is -2.53. The molecule has 4 aliphatic carbocycles. The average Bonchev–Trinajstić information content (AvgIpc) is 2.55. The topological polar surface area (TPSA) is 63.4 Å². The molecule has 25 heavy (non-hydrogen) atoms. The Morgan fingerprint density at radius 2 is 1.72 bits per heavy atom. The summed E-state index contributed by atoms with van der Waals surface area (Å²) in [5, 5.41) is 11.1. The van der Waals surface area contributed by atoms with Gasteiger partial charge in [0.1, 0.15) is 0 Å². The highest BCUT2D eigenvalue weighted by atomic mass is 16.6. The highest BCUT2D eigenvalue weighted by Gasteiger charge is 2.52. The third-order valence-electron chi connectivity index (χ3n) is 7.13. The Hall–Kier alpha value is -1.91. The molecule has 0 saturated heterocycles. The summed E-state index contributed by atoms with van der Waals surface area (Å²) in [7, 11) is 0. The van der Waals surface area contributed by atoms with Gasteiger partial charge in [0, 0.05) is 30.8 Å². The van der Waals surface area contributed by atoms with Gasteiger partial charge in [0.25, 0.3) is 5.69 Å². The van der Waals surface area contributed by atoms with Gasteiger partial charge in [-0.3, -0.25) is 14.9 Å². The molecule has 132 valence electrons. The second kappa shape index (κ2) is 5.29. The summed E-state index contributed by atoms with van der Waals surface area (Å²) in [6.45, 7) is 0.820. The number of carbonyl (C=O) groups is 1. The minimum atomic E-state index is -0.347. The molecule has 1 aromatic carbocycles. The van der Waals surface area contributed by atoms with Crippen LogP contribution in [-0.4, -0.2) is 17.4 Å². The van der Waals surface area contributed by atoms with Crippen LogP contribution in [0.25, 0.3) is 0 Å². The number of fused-ring (bicyclic) bond motifs is 1. The molecule has 4 fully saturated rings. The minimum Gasteiger partial charge on any atom is -0.312 e. The van der Waals surface area contributed by atoms with Gasteiger partial charge in [-0.1, -0.05) is 0 Å². The van der Waals surface area contributed by atoms with E-state index in [1.54, 1.807) is 18.2 Å². The first-order valence-corrected chi connectivity index (χ1v) is 9.59. The molecular formula is C20H24N2O3. The Bertz CT molecular complexity index is 722. The van der Waals surface area contributed by atoms with Gasteiger partial charge in [-0.2, -0.15) is 0 Å². The van der Waals surface area contributed by atoms with E-state index >= 15 is 0 Å². The molecule has 1 aliphatic heterocycles.